The molecule has 1 aromatic carbocycles. The highest BCUT2D eigenvalue weighted by Gasteiger charge is 2.12. The van der Waals surface area contributed by atoms with Gasteiger partial charge < -0.3 is 14.4 Å². The first-order valence-electron chi connectivity index (χ1n) is 5.70. The van der Waals surface area contributed by atoms with Gasteiger partial charge in [-0.05, 0) is 40.8 Å². The number of carboxylic acid groups (broad SMARTS) is 1. The Morgan fingerprint density at radius 2 is 2.32 bits per heavy atom. The predicted octanol–water partition coefficient (Wildman–Crippen LogP) is 2.34. The summed E-state index contributed by atoms with van der Waals surface area (Å²) >= 11 is 2.07. The van der Waals surface area contributed by atoms with Gasteiger partial charge in [-0.25, -0.2) is 9.78 Å². The minimum absolute atomic E-state index is 0.187. The molecule has 0 aliphatic heterocycles. The highest BCUT2D eigenvalue weighted by atomic mass is 127. The van der Waals surface area contributed by atoms with E-state index in [9.17, 15) is 4.79 Å². The molecule has 0 aliphatic rings. The topological polar surface area (TPSA) is 64.4 Å². The fraction of sp³-hybridized carbons (Fsp3) is 0.231. The van der Waals surface area contributed by atoms with Crippen molar-refractivity contribution in [3.05, 3.63) is 45.6 Å². The SMILES string of the molecule is Cn1ccnc1CCOc1ccc(I)cc1C(=O)O. The van der Waals surface area contributed by atoms with Gasteiger partial charge in [-0.15, -0.1) is 0 Å². The zero-order valence-corrected chi connectivity index (χ0v) is 12.5. The molecule has 19 heavy (non-hydrogen) atoms. The summed E-state index contributed by atoms with van der Waals surface area (Å²) in [6, 6.07) is 5.10. The second-order valence-corrected chi connectivity index (χ2v) is 5.24. The van der Waals surface area contributed by atoms with E-state index in [4.69, 9.17) is 9.84 Å². The fourth-order valence-corrected chi connectivity index (χ4v) is 2.18. The first kappa shape index (κ1) is 13.9. The van der Waals surface area contributed by atoms with Crippen molar-refractivity contribution in [3.63, 3.8) is 0 Å². The number of hydrogen-bond donors (Lipinski definition) is 1. The van der Waals surface area contributed by atoms with Crippen molar-refractivity contribution in [3.8, 4) is 5.75 Å². The number of nitrogens with zero attached hydrogens (tertiary/aromatic N) is 2. The first-order chi connectivity index (χ1) is 9.08. The third-order valence-electron chi connectivity index (χ3n) is 2.68. The molecule has 1 heterocycles. The van der Waals surface area contributed by atoms with Crippen LogP contribution in [-0.2, 0) is 13.5 Å². The van der Waals surface area contributed by atoms with Crippen molar-refractivity contribution < 1.29 is 14.6 Å². The summed E-state index contributed by atoms with van der Waals surface area (Å²) in [5.41, 5.74) is 0.187. The molecule has 0 bridgehead atoms. The van der Waals surface area contributed by atoms with Crippen LogP contribution in [0.3, 0.4) is 0 Å². The average Bonchev–Trinajstić information content (AvgIpc) is 2.77. The summed E-state index contributed by atoms with van der Waals surface area (Å²) < 4.78 is 8.32. The van der Waals surface area contributed by atoms with Gasteiger partial charge in [0.1, 0.15) is 17.1 Å². The van der Waals surface area contributed by atoms with Crippen molar-refractivity contribution in [2.24, 2.45) is 7.05 Å². The molecule has 1 aromatic heterocycles. The molecule has 0 fully saturated rings. The van der Waals surface area contributed by atoms with Crippen LogP contribution in [-0.4, -0.2) is 27.2 Å². The summed E-state index contributed by atoms with van der Waals surface area (Å²) in [5, 5.41) is 9.12. The van der Waals surface area contributed by atoms with Crippen LogP contribution >= 0.6 is 22.6 Å². The molecule has 0 atom stereocenters. The molecule has 0 spiro atoms. The Kier molecular flexibility index (Phi) is 4.41. The van der Waals surface area contributed by atoms with Gasteiger partial charge in [0.15, 0.2) is 0 Å². The molecule has 0 saturated carbocycles. The van der Waals surface area contributed by atoms with E-state index in [1.807, 2.05) is 23.9 Å². The third kappa shape index (κ3) is 3.46. The van der Waals surface area contributed by atoms with Crippen molar-refractivity contribution in [2.75, 3.05) is 6.61 Å². The zero-order valence-electron chi connectivity index (χ0n) is 10.3. The second kappa shape index (κ2) is 6.05. The molecule has 0 unspecified atom stereocenters. The van der Waals surface area contributed by atoms with E-state index >= 15 is 0 Å². The standard InChI is InChI=1S/C13H13IN2O3/c1-16-6-5-15-12(16)4-7-19-11-3-2-9(14)8-10(11)13(17)18/h2-3,5-6,8H,4,7H2,1H3,(H,17,18). The predicted molar refractivity (Wildman–Crippen MR) is 78.5 cm³/mol. The number of imidazole rings is 1. The van der Waals surface area contributed by atoms with E-state index in [2.05, 4.69) is 27.6 Å². The number of carbonyl (C=O) groups is 1. The van der Waals surface area contributed by atoms with Crippen molar-refractivity contribution in [2.45, 2.75) is 6.42 Å². The Morgan fingerprint density at radius 1 is 1.53 bits per heavy atom. The van der Waals surface area contributed by atoms with Crippen molar-refractivity contribution in [1.29, 1.82) is 0 Å². The highest BCUT2D eigenvalue weighted by molar-refractivity contribution is 14.1. The van der Waals surface area contributed by atoms with Crippen LogP contribution in [0.25, 0.3) is 0 Å². The van der Waals surface area contributed by atoms with Crippen LogP contribution in [0.5, 0.6) is 5.75 Å². The molecule has 0 aliphatic carbocycles. The normalized spacial score (nSPS) is 10.4. The number of aromatic carboxylic acids is 1. The maximum absolute atomic E-state index is 11.1. The van der Waals surface area contributed by atoms with Gasteiger partial charge in [-0.2, -0.15) is 0 Å². The first-order valence-corrected chi connectivity index (χ1v) is 6.77. The second-order valence-electron chi connectivity index (χ2n) is 4.00. The monoisotopic (exact) mass is 372 g/mol. The van der Waals surface area contributed by atoms with Crippen LogP contribution in [0.15, 0.2) is 30.6 Å². The summed E-state index contributed by atoms with van der Waals surface area (Å²) in [4.78, 5) is 15.3. The number of benzene rings is 1. The zero-order chi connectivity index (χ0) is 13.8. The van der Waals surface area contributed by atoms with Crippen LogP contribution < -0.4 is 4.74 Å². The van der Waals surface area contributed by atoms with Gasteiger partial charge in [0, 0.05) is 29.4 Å². The lowest BCUT2D eigenvalue weighted by Crippen LogP contribution is -2.09. The molecule has 5 nitrogen and oxygen atoms in total. The molecule has 0 saturated heterocycles. The van der Waals surface area contributed by atoms with Gasteiger partial charge in [-0.1, -0.05) is 0 Å². The third-order valence-corrected chi connectivity index (χ3v) is 3.35. The number of aryl methyl sites for hydroxylation is 1. The number of hydrogen-bond acceptors (Lipinski definition) is 3. The van der Waals surface area contributed by atoms with E-state index in [1.54, 1.807) is 18.3 Å². The lowest BCUT2D eigenvalue weighted by Gasteiger charge is -2.09. The van der Waals surface area contributed by atoms with Crippen LogP contribution in [0.1, 0.15) is 16.2 Å². The Bertz CT molecular complexity index is 595. The maximum Gasteiger partial charge on any atom is 0.339 e. The van der Waals surface area contributed by atoms with Gasteiger partial charge in [-0.3, -0.25) is 0 Å². The van der Waals surface area contributed by atoms with Crippen molar-refractivity contribution in [1.82, 2.24) is 9.55 Å². The van der Waals surface area contributed by atoms with Crippen LogP contribution in [0.2, 0.25) is 0 Å². The highest BCUT2D eigenvalue weighted by Crippen LogP contribution is 2.21. The van der Waals surface area contributed by atoms with Crippen LogP contribution in [0.4, 0.5) is 0 Å². The van der Waals surface area contributed by atoms with Crippen molar-refractivity contribution >= 4 is 28.6 Å². The fourth-order valence-electron chi connectivity index (χ4n) is 1.68. The summed E-state index contributed by atoms with van der Waals surface area (Å²) in [7, 11) is 1.91. The molecule has 6 heteroatoms. The van der Waals surface area contributed by atoms with E-state index < -0.39 is 5.97 Å². The lowest BCUT2D eigenvalue weighted by atomic mass is 10.2. The number of aromatic nitrogens is 2. The molecule has 0 amide bonds. The largest absolute Gasteiger partial charge is 0.492 e. The molecular formula is C13H13IN2O3. The summed E-state index contributed by atoms with van der Waals surface area (Å²) in [5.74, 6) is 0.315. The molecule has 2 rings (SSSR count). The maximum atomic E-state index is 11.1. The molecule has 0 radical (unpaired) electrons. The Hall–Kier alpha value is -1.57. The molecule has 2 aromatic rings. The van der Waals surface area contributed by atoms with E-state index in [0.717, 1.165) is 9.39 Å². The molecular weight excluding hydrogens is 359 g/mol. The Morgan fingerprint density at radius 3 is 2.95 bits per heavy atom. The van der Waals surface area contributed by atoms with Gasteiger partial charge in [0.2, 0.25) is 0 Å². The van der Waals surface area contributed by atoms with E-state index in [0.29, 0.717) is 18.8 Å². The summed E-state index contributed by atoms with van der Waals surface area (Å²) in [6.07, 6.45) is 4.22. The Labute approximate surface area is 124 Å². The average molecular weight is 372 g/mol. The molecule has 100 valence electrons. The minimum atomic E-state index is -0.981. The Balaban J connectivity index is 2.03. The minimum Gasteiger partial charge on any atom is -0.492 e. The van der Waals surface area contributed by atoms with Gasteiger partial charge in [0.25, 0.3) is 0 Å². The van der Waals surface area contributed by atoms with E-state index in [1.165, 1.54) is 0 Å². The molecule has 1 N–H and O–H groups in total. The number of rotatable bonds is 5. The van der Waals surface area contributed by atoms with Gasteiger partial charge >= 0.3 is 5.97 Å². The summed E-state index contributed by atoms with van der Waals surface area (Å²) in [6.45, 7) is 0.395. The van der Waals surface area contributed by atoms with Crippen LogP contribution in [0, 0.1) is 3.57 Å². The number of ether oxygens (including phenoxy) is 1. The lowest BCUT2D eigenvalue weighted by molar-refractivity contribution is 0.0692. The number of halogens is 1. The van der Waals surface area contributed by atoms with Gasteiger partial charge in [0.05, 0.1) is 6.61 Å². The quantitative estimate of drug-likeness (QED) is 0.819. The van der Waals surface area contributed by atoms with E-state index in [-0.39, 0.29) is 5.56 Å². The number of carboxylic acids is 1. The smallest absolute Gasteiger partial charge is 0.339 e.